The molecule has 8 unspecified atom stereocenters. The van der Waals surface area contributed by atoms with Crippen molar-refractivity contribution in [2.45, 2.75) is 268 Å². The highest BCUT2D eigenvalue weighted by Gasteiger charge is 2.51. The number of unbranched alkanes of at least 4 members (excludes halogenated alkanes) is 25. The summed E-state index contributed by atoms with van der Waals surface area (Å²) in [5.74, 6) is -0.604. The number of aliphatic hydroxyl groups is 7. The van der Waals surface area contributed by atoms with E-state index in [0.29, 0.717) is 12.8 Å². The molecule has 8 atom stereocenters. The van der Waals surface area contributed by atoms with Crippen molar-refractivity contribution in [3.05, 3.63) is 36.5 Å². The minimum Gasteiger partial charge on any atom is -0.393 e. The van der Waals surface area contributed by atoms with Gasteiger partial charge in [-0.25, -0.2) is 4.57 Å². The lowest BCUT2D eigenvalue weighted by Gasteiger charge is -2.41. The normalized spacial score (nSPS) is 23.0. The highest BCUT2D eigenvalue weighted by Crippen LogP contribution is 2.47. The first-order chi connectivity index (χ1) is 30.8. The first-order valence-electron chi connectivity index (χ1n) is 25.5. The molecule has 0 saturated heterocycles. The molecule has 1 aliphatic rings. The molecule has 14 heteroatoms. The van der Waals surface area contributed by atoms with Gasteiger partial charge in [0.25, 0.3) is 0 Å². The van der Waals surface area contributed by atoms with Gasteiger partial charge in [-0.05, 0) is 44.9 Å². The van der Waals surface area contributed by atoms with Crippen LogP contribution in [0.1, 0.15) is 213 Å². The number of aliphatic hydroxyl groups excluding tert-OH is 7. The van der Waals surface area contributed by atoms with E-state index in [1.165, 1.54) is 147 Å². The van der Waals surface area contributed by atoms with Crippen LogP contribution < -0.4 is 5.32 Å². The van der Waals surface area contributed by atoms with E-state index in [-0.39, 0.29) is 6.42 Å². The Kier molecular flexibility index (Phi) is 37.4. The second kappa shape index (κ2) is 39.5. The summed E-state index contributed by atoms with van der Waals surface area (Å²) in [6.07, 6.45) is 34.1. The first-order valence-corrected chi connectivity index (χ1v) is 27.0. The molecular weight excluding hydrogens is 838 g/mol. The topological polar surface area (TPSA) is 226 Å². The van der Waals surface area contributed by atoms with Crippen molar-refractivity contribution >= 4 is 13.7 Å². The second-order valence-electron chi connectivity index (χ2n) is 18.2. The summed E-state index contributed by atoms with van der Waals surface area (Å²) in [6, 6.07) is -1.24. The van der Waals surface area contributed by atoms with Crippen molar-refractivity contribution in [1.29, 1.82) is 0 Å². The summed E-state index contributed by atoms with van der Waals surface area (Å²) in [6.45, 7) is 3.47. The van der Waals surface area contributed by atoms with Crippen molar-refractivity contribution in [3.63, 3.8) is 0 Å². The molecule has 0 bridgehead atoms. The van der Waals surface area contributed by atoms with Gasteiger partial charge in [0.2, 0.25) is 5.91 Å². The van der Waals surface area contributed by atoms with Crippen LogP contribution in [-0.4, -0.2) is 108 Å². The second-order valence-corrected chi connectivity index (χ2v) is 19.6. The summed E-state index contributed by atoms with van der Waals surface area (Å²) in [7, 11) is -5.12. The third-order valence-electron chi connectivity index (χ3n) is 12.2. The Morgan fingerprint density at radius 2 is 0.984 bits per heavy atom. The Labute approximate surface area is 387 Å². The van der Waals surface area contributed by atoms with Gasteiger partial charge in [-0.1, -0.05) is 198 Å². The number of phosphoric acid groups is 1. The van der Waals surface area contributed by atoms with E-state index in [1.54, 1.807) is 6.08 Å². The predicted molar refractivity (Wildman–Crippen MR) is 257 cm³/mol. The van der Waals surface area contributed by atoms with Crippen LogP contribution in [0.5, 0.6) is 0 Å². The third-order valence-corrected chi connectivity index (χ3v) is 13.2. The zero-order valence-electron chi connectivity index (χ0n) is 39.9. The van der Waals surface area contributed by atoms with Crippen LogP contribution in [0, 0.1) is 0 Å². The van der Waals surface area contributed by atoms with Crippen LogP contribution in [-0.2, 0) is 18.4 Å². The molecule has 0 aromatic carbocycles. The van der Waals surface area contributed by atoms with Crippen LogP contribution in [0.2, 0.25) is 0 Å². The molecule has 1 rings (SSSR count). The number of nitrogens with one attached hydrogen (secondary N) is 1. The molecule has 64 heavy (non-hydrogen) atoms. The minimum absolute atomic E-state index is 0.247. The SMILES string of the molecule is CCC/C=C/C(O)C(COP(=O)(O)OC1C(O)C(O)C(O)C(O)C1O)NC(=O)CC(O)CCCCCCCCCCCCCCCCC/C=C\C/C=C\CCCCCCCCCCC. The molecule has 1 saturated carbocycles. The number of carbonyl (C=O) groups excluding carboxylic acids is 1. The van der Waals surface area contributed by atoms with Crippen molar-refractivity contribution in [2.75, 3.05) is 6.61 Å². The van der Waals surface area contributed by atoms with E-state index in [4.69, 9.17) is 9.05 Å². The molecule has 1 amide bonds. The van der Waals surface area contributed by atoms with Gasteiger partial charge in [0.15, 0.2) is 0 Å². The summed E-state index contributed by atoms with van der Waals surface area (Å²) in [4.78, 5) is 23.1. The van der Waals surface area contributed by atoms with Crippen molar-refractivity contribution in [3.8, 4) is 0 Å². The lowest BCUT2D eigenvalue weighted by atomic mass is 9.85. The molecule has 0 aliphatic heterocycles. The quantitative estimate of drug-likeness (QED) is 0.0159. The van der Waals surface area contributed by atoms with Crippen LogP contribution >= 0.6 is 7.82 Å². The van der Waals surface area contributed by atoms with Crippen LogP contribution in [0.15, 0.2) is 36.5 Å². The molecular formula is C50H94NO12P. The van der Waals surface area contributed by atoms with Gasteiger partial charge in [0, 0.05) is 0 Å². The number of carbonyl (C=O) groups is 1. The van der Waals surface area contributed by atoms with E-state index >= 15 is 0 Å². The Balaban J connectivity index is 2.10. The van der Waals surface area contributed by atoms with Gasteiger partial charge >= 0.3 is 7.82 Å². The minimum atomic E-state index is -5.12. The average Bonchev–Trinajstić information content (AvgIpc) is 3.27. The summed E-state index contributed by atoms with van der Waals surface area (Å²) < 4.78 is 22.5. The van der Waals surface area contributed by atoms with E-state index in [2.05, 4.69) is 36.5 Å². The Morgan fingerprint density at radius 3 is 1.44 bits per heavy atom. The van der Waals surface area contributed by atoms with Crippen molar-refractivity contribution < 1.29 is 59.0 Å². The number of hydrogen-bond donors (Lipinski definition) is 9. The van der Waals surface area contributed by atoms with E-state index in [1.807, 2.05) is 6.92 Å². The summed E-state index contributed by atoms with van der Waals surface area (Å²) >= 11 is 0. The van der Waals surface area contributed by atoms with Crippen LogP contribution in [0.3, 0.4) is 0 Å². The molecule has 0 aromatic rings. The van der Waals surface area contributed by atoms with Crippen molar-refractivity contribution in [2.24, 2.45) is 0 Å². The monoisotopic (exact) mass is 932 g/mol. The Bertz CT molecular complexity index is 1240. The van der Waals surface area contributed by atoms with Gasteiger partial charge in [-0.15, -0.1) is 0 Å². The number of phosphoric ester groups is 1. The number of amides is 1. The van der Waals surface area contributed by atoms with E-state index in [9.17, 15) is 50.0 Å². The zero-order valence-corrected chi connectivity index (χ0v) is 40.8. The Hall–Kier alpha value is -1.48. The molecule has 13 nitrogen and oxygen atoms in total. The molecule has 376 valence electrons. The summed E-state index contributed by atoms with van der Waals surface area (Å²) in [5.41, 5.74) is 0. The highest BCUT2D eigenvalue weighted by atomic mass is 31.2. The molecule has 9 N–H and O–H groups in total. The average molecular weight is 932 g/mol. The predicted octanol–water partition coefficient (Wildman–Crippen LogP) is 9.31. The molecule has 1 aliphatic carbocycles. The van der Waals surface area contributed by atoms with Crippen LogP contribution in [0.25, 0.3) is 0 Å². The maximum Gasteiger partial charge on any atom is 0.472 e. The first kappa shape index (κ1) is 60.5. The van der Waals surface area contributed by atoms with E-state index in [0.717, 1.165) is 38.5 Å². The number of rotatable bonds is 42. The smallest absolute Gasteiger partial charge is 0.393 e. The van der Waals surface area contributed by atoms with Gasteiger partial charge < -0.3 is 46.0 Å². The van der Waals surface area contributed by atoms with Gasteiger partial charge in [-0.3, -0.25) is 13.8 Å². The maximum atomic E-state index is 12.8. The third kappa shape index (κ3) is 30.7. The summed E-state index contributed by atoms with van der Waals surface area (Å²) in [5, 5.41) is 73.6. The fraction of sp³-hybridized carbons (Fsp3) is 0.860. The maximum absolute atomic E-state index is 12.8. The molecule has 0 radical (unpaired) electrons. The highest BCUT2D eigenvalue weighted by molar-refractivity contribution is 7.47. The lowest BCUT2D eigenvalue weighted by molar-refractivity contribution is -0.220. The number of allylic oxidation sites excluding steroid dienone is 5. The molecule has 0 aromatic heterocycles. The Morgan fingerprint density at radius 1 is 0.562 bits per heavy atom. The van der Waals surface area contributed by atoms with Crippen LogP contribution in [0.4, 0.5) is 0 Å². The van der Waals surface area contributed by atoms with Crippen molar-refractivity contribution in [1.82, 2.24) is 5.32 Å². The standard InChI is InChI=1S/C50H94NO12P/c1-3-5-7-8-9-10-11-12-13-14-15-16-17-18-19-20-21-22-23-24-25-26-27-28-29-30-31-32-33-34-36-37-41(52)39-44(54)51-42(43(53)38-35-6-4-2)40-62-64(60,61)63-50-48(58)46(56)45(55)47(57)49(50)59/h15-16,18-19,35,38,41-43,45-50,52-53,55-59H,3-14,17,20-34,36-37,39-40H2,1-2H3,(H,51,54)(H,60,61)/b16-15-,19-18-,38-35+. The zero-order chi connectivity index (χ0) is 47.3. The molecule has 0 spiro atoms. The van der Waals surface area contributed by atoms with Gasteiger partial charge in [0.05, 0.1) is 31.3 Å². The largest absolute Gasteiger partial charge is 0.472 e. The van der Waals surface area contributed by atoms with Gasteiger partial charge in [0.1, 0.15) is 36.6 Å². The number of hydrogen-bond acceptors (Lipinski definition) is 11. The fourth-order valence-corrected chi connectivity index (χ4v) is 9.01. The lowest BCUT2D eigenvalue weighted by Crippen LogP contribution is -2.64. The fourth-order valence-electron chi connectivity index (χ4n) is 8.04. The molecule has 0 heterocycles. The van der Waals surface area contributed by atoms with Gasteiger partial charge in [-0.2, -0.15) is 0 Å². The molecule has 1 fully saturated rings. The van der Waals surface area contributed by atoms with E-state index < -0.39 is 75.2 Å².